The van der Waals surface area contributed by atoms with Gasteiger partial charge < -0.3 is 14.4 Å². The molecular weight excluding hydrogens is 427 g/mol. The van der Waals surface area contributed by atoms with Crippen LogP contribution >= 0.6 is 22.9 Å². The molecule has 0 aliphatic rings. The predicted molar refractivity (Wildman–Crippen MR) is 118 cm³/mol. The summed E-state index contributed by atoms with van der Waals surface area (Å²) >= 11 is 7.15. The molecule has 2 aromatic carbocycles. The molecule has 0 fully saturated rings. The summed E-state index contributed by atoms with van der Waals surface area (Å²) in [7, 11) is 1.40. The first-order chi connectivity index (χ1) is 14.3. The van der Waals surface area contributed by atoms with Crippen LogP contribution in [0.4, 0.5) is 10.1 Å². The number of anilines is 1. The number of aryl methyl sites for hydroxylation is 1. The number of carbonyl (C=O) groups is 1. The van der Waals surface area contributed by atoms with E-state index in [0.717, 1.165) is 0 Å². The van der Waals surface area contributed by atoms with Gasteiger partial charge in [-0.3, -0.25) is 4.79 Å². The molecule has 1 amide bonds. The Kier molecular flexibility index (Phi) is 6.95. The third-order valence-electron chi connectivity index (χ3n) is 4.36. The topological polar surface area (TPSA) is 51.7 Å². The van der Waals surface area contributed by atoms with Gasteiger partial charge in [-0.25, -0.2) is 9.37 Å². The Morgan fingerprint density at radius 2 is 1.93 bits per heavy atom. The third kappa shape index (κ3) is 4.91. The zero-order valence-electron chi connectivity index (χ0n) is 17.1. The molecule has 5 nitrogen and oxygen atoms in total. The molecule has 0 aliphatic carbocycles. The number of benzene rings is 2. The number of carbonyl (C=O) groups excluding carboxylic acids is 1. The number of amides is 1. The van der Waals surface area contributed by atoms with Gasteiger partial charge >= 0.3 is 0 Å². The highest BCUT2D eigenvalue weighted by Crippen LogP contribution is 2.29. The highest BCUT2D eigenvalue weighted by atomic mass is 35.5. The van der Waals surface area contributed by atoms with Crippen LogP contribution < -0.4 is 14.4 Å². The zero-order chi connectivity index (χ0) is 21.8. The maximum absolute atomic E-state index is 14.2. The number of halogens is 2. The molecule has 1 heterocycles. The second kappa shape index (κ2) is 9.45. The number of rotatable bonds is 7. The number of aromatic nitrogens is 1. The van der Waals surface area contributed by atoms with E-state index in [1.54, 1.807) is 42.2 Å². The molecule has 0 radical (unpaired) electrons. The summed E-state index contributed by atoms with van der Waals surface area (Å²) in [5.41, 5.74) is 1.07. The Bertz CT molecular complexity index is 1040. The average Bonchev–Trinajstić information content (AvgIpc) is 3.08. The van der Waals surface area contributed by atoms with E-state index in [4.69, 9.17) is 21.1 Å². The lowest BCUT2D eigenvalue weighted by Crippen LogP contribution is -2.37. The lowest BCUT2D eigenvalue weighted by molar-refractivity contribution is 0.0983. The van der Waals surface area contributed by atoms with Crippen molar-refractivity contribution in [1.82, 2.24) is 4.98 Å². The molecule has 0 aliphatic heterocycles. The molecule has 0 saturated heterocycles. The van der Waals surface area contributed by atoms with Crippen LogP contribution in [0.25, 0.3) is 0 Å². The minimum atomic E-state index is -0.522. The van der Waals surface area contributed by atoms with Crippen molar-refractivity contribution < 1.29 is 18.7 Å². The molecule has 0 N–H and O–H groups in total. The summed E-state index contributed by atoms with van der Waals surface area (Å²) in [6.45, 7) is 5.77. The summed E-state index contributed by atoms with van der Waals surface area (Å²) < 4.78 is 24.9. The van der Waals surface area contributed by atoms with E-state index < -0.39 is 5.82 Å². The minimum Gasteiger partial charge on any atom is -0.494 e. The standard InChI is InChI=1S/C22H22ClFN2O3S/c1-13(2)26(16-7-10-19(28-4)18(24)11-16)22(27)21-14(3)25-20(30-21)12-29-17-8-5-15(23)6-9-17/h5-11,13H,12H2,1-4H3. The Labute approximate surface area is 184 Å². The van der Waals surface area contributed by atoms with Crippen molar-refractivity contribution in [1.29, 1.82) is 0 Å². The summed E-state index contributed by atoms with van der Waals surface area (Å²) in [5.74, 6) is 0.0389. The smallest absolute Gasteiger partial charge is 0.270 e. The van der Waals surface area contributed by atoms with E-state index in [2.05, 4.69) is 4.98 Å². The van der Waals surface area contributed by atoms with Gasteiger partial charge in [-0.15, -0.1) is 11.3 Å². The first-order valence-corrected chi connectivity index (χ1v) is 10.5. The van der Waals surface area contributed by atoms with E-state index in [-0.39, 0.29) is 24.3 Å². The molecule has 3 aromatic rings. The minimum absolute atomic E-state index is 0.130. The van der Waals surface area contributed by atoms with E-state index in [1.165, 1.54) is 30.6 Å². The second-order valence-corrected chi connectivity index (χ2v) is 8.37. The lowest BCUT2D eigenvalue weighted by Gasteiger charge is -2.26. The highest BCUT2D eigenvalue weighted by molar-refractivity contribution is 7.13. The third-order valence-corrected chi connectivity index (χ3v) is 5.73. The fourth-order valence-electron chi connectivity index (χ4n) is 2.95. The summed E-state index contributed by atoms with van der Waals surface area (Å²) in [5, 5.41) is 1.31. The van der Waals surface area contributed by atoms with Gasteiger partial charge in [0, 0.05) is 22.8 Å². The zero-order valence-corrected chi connectivity index (χ0v) is 18.7. The Balaban J connectivity index is 1.81. The monoisotopic (exact) mass is 448 g/mol. The number of hydrogen-bond donors (Lipinski definition) is 0. The number of methoxy groups -OCH3 is 1. The van der Waals surface area contributed by atoms with Gasteiger partial charge in [-0.2, -0.15) is 0 Å². The van der Waals surface area contributed by atoms with E-state index in [0.29, 0.717) is 32.0 Å². The van der Waals surface area contributed by atoms with Crippen LogP contribution in [-0.4, -0.2) is 24.0 Å². The quantitative estimate of drug-likeness (QED) is 0.452. The molecule has 30 heavy (non-hydrogen) atoms. The van der Waals surface area contributed by atoms with Crippen LogP contribution in [0.1, 0.15) is 34.2 Å². The van der Waals surface area contributed by atoms with E-state index >= 15 is 0 Å². The Morgan fingerprint density at radius 3 is 2.53 bits per heavy atom. The fourth-order valence-corrected chi connectivity index (χ4v) is 3.99. The van der Waals surface area contributed by atoms with Gasteiger partial charge in [0.1, 0.15) is 22.2 Å². The number of ether oxygens (including phenoxy) is 2. The van der Waals surface area contributed by atoms with Gasteiger partial charge in [0.15, 0.2) is 11.6 Å². The molecular formula is C22H22ClFN2O3S. The molecule has 0 bridgehead atoms. The largest absolute Gasteiger partial charge is 0.494 e. The van der Waals surface area contributed by atoms with Crippen molar-refractivity contribution in [2.45, 2.75) is 33.4 Å². The fraction of sp³-hybridized carbons (Fsp3) is 0.273. The van der Waals surface area contributed by atoms with Gasteiger partial charge in [-0.05, 0) is 57.2 Å². The van der Waals surface area contributed by atoms with Crippen LogP contribution in [0.15, 0.2) is 42.5 Å². The number of thiazole rings is 1. The van der Waals surface area contributed by atoms with Gasteiger partial charge in [0.05, 0.1) is 12.8 Å². The van der Waals surface area contributed by atoms with Gasteiger partial charge in [0.2, 0.25) is 0 Å². The Hall–Kier alpha value is -2.64. The van der Waals surface area contributed by atoms with Gasteiger partial charge in [-0.1, -0.05) is 11.6 Å². The SMILES string of the molecule is COc1ccc(N(C(=O)c2sc(COc3ccc(Cl)cc3)nc2C)C(C)C)cc1F. The van der Waals surface area contributed by atoms with E-state index in [1.807, 2.05) is 13.8 Å². The maximum atomic E-state index is 14.2. The number of nitrogens with zero attached hydrogens (tertiary/aromatic N) is 2. The van der Waals surface area contributed by atoms with Crippen LogP contribution in [0.3, 0.4) is 0 Å². The summed E-state index contributed by atoms with van der Waals surface area (Å²) in [6, 6.07) is 11.3. The van der Waals surface area contributed by atoms with Crippen LogP contribution in [-0.2, 0) is 6.61 Å². The average molecular weight is 449 g/mol. The molecule has 1 aromatic heterocycles. The second-order valence-electron chi connectivity index (χ2n) is 6.85. The molecule has 8 heteroatoms. The maximum Gasteiger partial charge on any atom is 0.270 e. The van der Waals surface area contributed by atoms with Crippen molar-refractivity contribution in [2.24, 2.45) is 0 Å². The molecule has 0 atom stereocenters. The van der Waals surface area contributed by atoms with Crippen LogP contribution in [0, 0.1) is 12.7 Å². The number of hydrogen-bond acceptors (Lipinski definition) is 5. The normalized spacial score (nSPS) is 10.9. The molecule has 3 rings (SSSR count). The first-order valence-electron chi connectivity index (χ1n) is 9.32. The molecule has 0 unspecified atom stereocenters. The first kappa shape index (κ1) is 22.1. The lowest BCUT2D eigenvalue weighted by atomic mass is 10.2. The van der Waals surface area contributed by atoms with E-state index in [9.17, 15) is 9.18 Å². The highest BCUT2D eigenvalue weighted by Gasteiger charge is 2.26. The van der Waals surface area contributed by atoms with Crippen molar-refractivity contribution >= 4 is 34.5 Å². The summed E-state index contributed by atoms with van der Waals surface area (Å²) in [6.07, 6.45) is 0. The summed E-state index contributed by atoms with van der Waals surface area (Å²) in [4.78, 5) is 19.8. The van der Waals surface area contributed by atoms with Crippen LogP contribution in [0.5, 0.6) is 11.5 Å². The van der Waals surface area contributed by atoms with Crippen molar-refractivity contribution in [3.63, 3.8) is 0 Å². The van der Waals surface area contributed by atoms with Crippen molar-refractivity contribution in [3.05, 3.63) is 68.9 Å². The molecule has 158 valence electrons. The van der Waals surface area contributed by atoms with Crippen molar-refractivity contribution in [3.8, 4) is 11.5 Å². The molecule has 0 spiro atoms. The predicted octanol–water partition coefficient (Wildman–Crippen LogP) is 5.89. The van der Waals surface area contributed by atoms with Crippen molar-refractivity contribution in [2.75, 3.05) is 12.0 Å². The Morgan fingerprint density at radius 1 is 1.23 bits per heavy atom. The van der Waals surface area contributed by atoms with Gasteiger partial charge in [0.25, 0.3) is 5.91 Å². The molecule has 0 saturated carbocycles. The van der Waals surface area contributed by atoms with Crippen LogP contribution in [0.2, 0.25) is 5.02 Å².